The predicted molar refractivity (Wildman–Crippen MR) is 120 cm³/mol. The minimum atomic E-state index is 0. The Morgan fingerprint density at radius 3 is 1.58 bits per heavy atom. The fraction of sp³-hybridized carbons (Fsp3) is 0.750. The van der Waals surface area contributed by atoms with Crippen molar-refractivity contribution in [1.29, 1.82) is 0 Å². The van der Waals surface area contributed by atoms with E-state index in [4.69, 9.17) is 0 Å². The van der Waals surface area contributed by atoms with E-state index in [0.29, 0.717) is 6.04 Å². The van der Waals surface area contributed by atoms with Gasteiger partial charge in [0, 0.05) is 6.04 Å². The normalized spacial score (nSPS) is 12.2. The molecule has 0 heterocycles. The van der Waals surface area contributed by atoms with E-state index in [9.17, 15) is 0 Å². The largest absolute Gasteiger partial charge is 0.297 e. The lowest BCUT2D eigenvalue weighted by molar-refractivity contribution is 0.204. The van der Waals surface area contributed by atoms with Gasteiger partial charge in [-0.05, 0) is 25.1 Å². The van der Waals surface area contributed by atoms with Crippen molar-refractivity contribution in [3.05, 3.63) is 35.9 Å². The Labute approximate surface area is 170 Å². The summed E-state index contributed by atoms with van der Waals surface area (Å²) in [6.45, 7) is 9.17. The molecule has 1 atom stereocenters. The van der Waals surface area contributed by atoms with Gasteiger partial charge in [0.05, 0.1) is 0 Å². The Hall–Kier alpha value is -0.530. The Bertz CT molecular complexity index is 388. The Morgan fingerprint density at radius 1 is 0.654 bits per heavy atom. The molecule has 0 saturated carbocycles. The van der Waals surface area contributed by atoms with Crippen LogP contribution in [-0.4, -0.2) is 18.0 Å². The van der Waals surface area contributed by atoms with Crippen LogP contribution in [0.2, 0.25) is 0 Å². The maximum absolute atomic E-state index is 2.62. The molecule has 0 bridgehead atoms. The van der Waals surface area contributed by atoms with Gasteiger partial charge in [0.25, 0.3) is 0 Å². The van der Waals surface area contributed by atoms with Crippen LogP contribution < -0.4 is 0 Å². The second-order valence-electron chi connectivity index (χ2n) is 7.47. The minimum absolute atomic E-state index is 0. The van der Waals surface area contributed by atoms with E-state index in [1.807, 2.05) is 0 Å². The van der Waals surface area contributed by atoms with Crippen LogP contribution in [0.5, 0.6) is 0 Å². The van der Waals surface area contributed by atoms with Crippen molar-refractivity contribution in [3.63, 3.8) is 0 Å². The molecule has 1 nitrogen and oxygen atoms in total. The van der Waals surface area contributed by atoms with Crippen molar-refractivity contribution in [3.8, 4) is 0 Å². The molecular formula is C24H44ClN. The van der Waals surface area contributed by atoms with Gasteiger partial charge in [-0.15, -0.1) is 12.4 Å². The van der Waals surface area contributed by atoms with Crippen LogP contribution in [0.3, 0.4) is 0 Å². The van der Waals surface area contributed by atoms with Crippen molar-refractivity contribution in [2.24, 2.45) is 0 Å². The molecule has 1 rings (SSSR count). The van der Waals surface area contributed by atoms with Crippen LogP contribution >= 0.6 is 12.4 Å². The zero-order valence-electron chi connectivity index (χ0n) is 17.7. The molecule has 0 radical (unpaired) electrons. The molecular weight excluding hydrogens is 338 g/mol. The molecule has 1 aromatic rings. The Morgan fingerprint density at radius 2 is 1.12 bits per heavy atom. The van der Waals surface area contributed by atoms with Gasteiger partial charge >= 0.3 is 0 Å². The van der Waals surface area contributed by atoms with Gasteiger partial charge < -0.3 is 0 Å². The van der Waals surface area contributed by atoms with E-state index in [1.54, 1.807) is 0 Å². The molecule has 0 N–H and O–H groups in total. The monoisotopic (exact) mass is 381 g/mol. The first-order valence-corrected chi connectivity index (χ1v) is 11.1. The van der Waals surface area contributed by atoms with Gasteiger partial charge in [0.15, 0.2) is 0 Å². The van der Waals surface area contributed by atoms with E-state index in [0.717, 1.165) is 13.1 Å². The van der Waals surface area contributed by atoms with Crippen LogP contribution in [-0.2, 0) is 0 Å². The second-order valence-corrected chi connectivity index (χ2v) is 7.47. The van der Waals surface area contributed by atoms with Crippen molar-refractivity contribution >= 4 is 12.4 Å². The summed E-state index contributed by atoms with van der Waals surface area (Å²) in [5.74, 6) is 0. The maximum Gasteiger partial charge on any atom is 0.0347 e. The highest BCUT2D eigenvalue weighted by Crippen LogP contribution is 2.26. The molecule has 0 spiro atoms. The van der Waals surface area contributed by atoms with Crippen LogP contribution in [0.4, 0.5) is 0 Å². The standard InChI is InChI=1S/C24H43N.ClH/c1-4-7-8-9-10-11-12-13-14-15-19-22-24(25(5-2)6-3)23-20-17-16-18-21-23;/h16-18,20-21,24H,4-15,19,22H2,1-3H3;1H. The second kappa shape index (κ2) is 17.9. The Kier molecular flexibility index (Phi) is 17.5. The topological polar surface area (TPSA) is 3.24 Å². The predicted octanol–water partition coefficient (Wildman–Crippen LogP) is 8.19. The molecule has 0 aliphatic rings. The summed E-state index contributed by atoms with van der Waals surface area (Å²) in [6.07, 6.45) is 17.0. The van der Waals surface area contributed by atoms with Gasteiger partial charge in [-0.3, -0.25) is 4.90 Å². The first-order chi connectivity index (χ1) is 12.3. The zero-order valence-corrected chi connectivity index (χ0v) is 18.5. The first-order valence-electron chi connectivity index (χ1n) is 11.1. The number of hydrogen-bond donors (Lipinski definition) is 0. The molecule has 0 amide bonds. The molecule has 0 aliphatic heterocycles. The van der Waals surface area contributed by atoms with E-state index in [2.05, 4.69) is 56.0 Å². The summed E-state index contributed by atoms with van der Waals surface area (Å²) in [7, 11) is 0. The van der Waals surface area contributed by atoms with Crippen LogP contribution in [0.15, 0.2) is 30.3 Å². The molecule has 2 heteroatoms. The van der Waals surface area contributed by atoms with E-state index < -0.39 is 0 Å². The number of halogens is 1. The van der Waals surface area contributed by atoms with Gasteiger partial charge in [-0.1, -0.05) is 122 Å². The lowest BCUT2D eigenvalue weighted by atomic mass is 9.98. The number of rotatable bonds is 16. The molecule has 1 unspecified atom stereocenters. The Balaban J connectivity index is 0.00000625. The average Bonchev–Trinajstić information content (AvgIpc) is 2.66. The average molecular weight is 382 g/mol. The maximum atomic E-state index is 2.62. The number of hydrogen-bond acceptors (Lipinski definition) is 1. The number of nitrogens with zero attached hydrogens (tertiary/aromatic N) is 1. The van der Waals surface area contributed by atoms with E-state index in [-0.39, 0.29) is 12.4 Å². The van der Waals surface area contributed by atoms with Crippen LogP contribution in [0, 0.1) is 0 Å². The number of benzene rings is 1. The van der Waals surface area contributed by atoms with Gasteiger partial charge in [0.2, 0.25) is 0 Å². The molecule has 1 aromatic carbocycles. The van der Waals surface area contributed by atoms with Crippen molar-refractivity contribution in [2.75, 3.05) is 13.1 Å². The van der Waals surface area contributed by atoms with Crippen LogP contribution in [0.25, 0.3) is 0 Å². The highest BCUT2D eigenvalue weighted by molar-refractivity contribution is 5.85. The summed E-state index contributed by atoms with van der Waals surface area (Å²) < 4.78 is 0. The summed E-state index contributed by atoms with van der Waals surface area (Å²) in [4.78, 5) is 2.62. The molecule has 0 fully saturated rings. The molecule has 0 saturated heterocycles. The third-order valence-electron chi connectivity index (χ3n) is 5.52. The fourth-order valence-electron chi connectivity index (χ4n) is 3.90. The summed E-state index contributed by atoms with van der Waals surface area (Å²) in [5.41, 5.74) is 1.50. The van der Waals surface area contributed by atoms with Gasteiger partial charge in [0.1, 0.15) is 0 Å². The number of unbranched alkanes of at least 4 members (excludes halogenated alkanes) is 10. The summed E-state index contributed by atoms with van der Waals surface area (Å²) in [6, 6.07) is 11.7. The summed E-state index contributed by atoms with van der Waals surface area (Å²) in [5, 5.41) is 0. The van der Waals surface area contributed by atoms with Gasteiger partial charge in [-0.25, -0.2) is 0 Å². The third kappa shape index (κ3) is 11.2. The van der Waals surface area contributed by atoms with Crippen molar-refractivity contribution in [2.45, 2.75) is 104 Å². The summed E-state index contributed by atoms with van der Waals surface area (Å²) >= 11 is 0. The van der Waals surface area contributed by atoms with Crippen LogP contribution in [0.1, 0.15) is 109 Å². The SMILES string of the molecule is CCCCCCCCCCCCCC(c1ccccc1)N(CC)CC.Cl. The quantitative estimate of drug-likeness (QED) is 0.261. The highest BCUT2D eigenvalue weighted by Gasteiger charge is 2.16. The highest BCUT2D eigenvalue weighted by atomic mass is 35.5. The van der Waals surface area contributed by atoms with E-state index in [1.165, 1.54) is 82.6 Å². The first kappa shape index (κ1) is 25.5. The lowest BCUT2D eigenvalue weighted by Crippen LogP contribution is -2.28. The van der Waals surface area contributed by atoms with Crippen molar-refractivity contribution < 1.29 is 0 Å². The fourth-order valence-corrected chi connectivity index (χ4v) is 3.90. The smallest absolute Gasteiger partial charge is 0.0347 e. The zero-order chi connectivity index (χ0) is 18.2. The van der Waals surface area contributed by atoms with Crippen molar-refractivity contribution in [1.82, 2.24) is 4.90 Å². The van der Waals surface area contributed by atoms with E-state index >= 15 is 0 Å². The molecule has 0 aromatic heterocycles. The third-order valence-corrected chi connectivity index (χ3v) is 5.52. The lowest BCUT2D eigenvalue weighted by Gasteiger charge is -2.30. The molecule has 26 heavy (non-hydrogen) atoms. The molecule has 152 valence electrons. The van der Waals surface area contributed by atoms with Gasteiger partial charge in [-0.2, -0.15) is 0 Å². The molecule has 0 aliphatic carbocycles. The minimum Gasteiger partial charge on any atom is -0.297 e.